The van der Waals surface area contributed by atoms with Crippen LogP contribution in [0.25, 0.3) is 0 Å². The Hall–Kier alpha value is -1.45. The molecule has 9 heteroatoms. The van der Waals surface area contributed by atoms with Crippen molar-refractivity contribution in [2.75, 3.05) is 6.54 Å². The molecule has 0 aliphatic carbocycles. The number of nitrogens with zero attached hydrogens (tertiary/aromatic N) is 3. The van der Waals surface area contributed by atoms with Gasteiger partial charge in [-0.15, -0.1) is 0 Å². The number of aliphatic carboxylic acids is 1. The molecule has 2 aliphatic heterocycles. The van der Waals surface area contributed by atoms with Crippen molar-refractivity contribution < 1.29 is 14.7 Å². The van der Waals surface area contributed by atoms with Crippen LogP contribution in [-0.2, 0) is 16.0 Å². The van der Waals surface area contributed by atoms with E-state index in [0.717, 1.165) is 27.4 Å². The predicted octanol–water partition coefficient (Wildman–Crippen LogP) is 1.32. The fourth-order valence-electron chi connectivity index (χ4n) is 2.02. The number of fused-ring (bicyclic) bond motifs is 1. The molecule has 0 spiro atoms. The van der Waals surface area contributed by atoms with Crippen LogP contribution in [0.15, 0.2) is 28.4 Å². The highest BCUT2D eigenvalue weighted by Gasteiger charge is 2.35. The van der Waals surface area contributed by atoms with Gasteiger partial charge in [-0.2, -0.15) is 0 Å². The highest BCUT2D eigenvalue weighted by molar-refractivity contribution is 8.26. The van der Waals surface area contributed by atoms with Crippen LogP contribution in [0, 0.1) is 0 Å². The van der Waals surface area contributed by atoms with Crippen LogP contribution in [-0.4, -0.2) is 48.0 Å². The molecule has 0 aromatic carbocycles. The average Bonchev–Trinajstić information content (AvgIpc) is 2.94. The molecule has 0 bridgehead atoms. The lowest BCUT2D eigenvalue weighted by atomic mass is 10.2. The maximum atomic E-state index is 12.2. The van der Waals surface area contributed by atoms with E-state index in [0.29, 0.717) is 11.3 Å². The molecule has 1 atom stereocenters. The molecule has 1 amide bonds. The number of rotatable bonds is 3. The second-order valence-electron chi connectivity index (χ2n) is 4.35. The van der Waals surface area contributed by atoms with E-state index in [9.17, 15) is 9.59 Å². The summed E-state index contributed by atoms with van der Waals surface area (Å²) in [5.41, 5.74) is 0.921. The van der Waals surface area contributed by atoms with Crippen molar-refractivity contribution in [1.82, 2.24) is 14.9 Å². The van der Waals surface area contributed by atoms with E-state index in [1.807, 2.05) is 6.08 Å². The van der Waals surface area contributed by atoms with Crippen molar-refractivity contribution in [2.24, 2.45) is 0 Å². The van der Waals surface area contributed by atoms with Crippen LogP contribution < -0.4 is 0 Å². The highest BCUT2D eigenvalue weighted by Crippen LogP contribution is 2.38. The zero-order chi connectivity index (χ0) is 15.0. The summed E-state index contributed by atoms with van der Waals surface area (Å²) >= 11 is 7.74. The Kier molecular flexibility index (Phi) is 3.96. The van der Waals surface area contributed by atoms with Crippen LogP contribution >= 0.6 is 35.7 Å². The van der Waals surface area contributed by atoms with E-state index in [1.165, 1.54) is 0 Å². The summed E-state index contributed by atoms with van der Waals surface area (Å²) < 4.78 is 0.283. The van der Waals surface area contributed by atoms with E-state index in [2.05, 4.69) is 9.97 Å². The second-order valence-corrected chi connectivity index (χ2v) is 7.26. The molecule has 6 nitrogen and oxygen atoms in total. The third-order valence-electron chi connectivity index (χ3n) is 2.90. The summed E-state index contributed by atoms with van der Waals surface area (Å²) in [6, 6.07) is 0. The number of aromatic nitrogens is 2. The molecule has 1 saturated heterocycles. The maximum Gasteiger partial charge on any atom is 0.323 e. The Labute approximate surface area is 134 Å². The zero-order valence-electron chi connectivity index (χ0n) is 10.6. The lowest BCUT2D eigenvalue weighted by molar-refractivity contribution is -0.140. The molecule has 3 heterocycles. The Morgan fingerprint density at radius 2 is 2.29 bits per heavy atom. The standard InChI is InChI=1S/C12H9N3O3S3/c16-9(17)5-15-11(18)8(21-12(15)19)4-6-3-7-10(20-6)14-2-1-13-7/h1-2,4,6H,3,5H2,(H,16,17). The molecule has 1 fully saturated rings. The summed E-state index contributed by atoms with van der Waals surface area (Å²) in [6.07, 6.45) is 5.82. The Bertz CT molecular complexity index is 652. The van der Waals surface area contributed by atoms with Crippen molar-refractivity contribution in [3.8, 4) is 0 Å². The first-order chi connectivity index (χ1) is 10.0. The number of hydrogen-bond donors (Lipinski definition) is 1. The third kappa shape index (κ3) is 2.94. The molecule has 21 heavy (non-hydrogen) atoms. The summed E-state index contributed by atoms with van der Waals surface area (Å²) in [5.74, 6) is -1.42. The van der Waals surface area contributed by atoms with Gasteiger partial charge in [0.2, 0.25) is 0 Å². The highest BCUT2D eigenvalue weighted by atomic mass is 32.2. The molecule has 1 unspecified atom stereocenters. The van der Waals surface area contributed by atoms with Crippen LogP contribution in [0.3, 0.4) is 0 Å². The van der Waals surface area contributed by atoms with Crippen LogP contribution in [0.4, 0.5) is 0 Å². The minimum absolute atomic E-state index is 0.0708. The zero-order valence-corrected chi connectivity index (χ0v) is 13.0. The fourth-order valence-corrected chi connectivity index (χ4v) is 4.52. The molecule has 1 N–H and O–H groups in total. The van der Waals surface area contributed by atoms with Gasteiger partial charge in [-0.1, -0.05) is 41.8 Å². The lowest BCUT2D eigenvalue weighted by Crippen LogP contribution is -2.33. The first kappa shape index (κ1) is 14.5. The van der Waals surface area contributed by atoms with Gasteiger partial charge in [0.05, 0.1) is 10.6 Å². The summed E-state index contributed by atoms with van der Waals surface area (Å²) in [4.78, 5) is 33.0. The van der Waals surface area contributed by atoms with Gasteiger partial charge in [0.1, 0.15) is 15.9 Å². The topological polar surface area (TPSA) is 83.4 Å². The second kappa shape index (κ2) is 5.74. The monoisotopic (exact) mass is 339 g/mol. The quantitative estimate of drug-likeness (QED) is 0.652. The molecule has 1 aromatic heterocycles. The normalized spacial score (nSPS) is 23.0. The number of hydrogen-bond acceptors (Lipinski definition) is 7. The first-order valence-electron chi connectivity index (χ1n) is 5.98. The largest absolute Gasteiger partial charge is 0.480 e. The smallest absolute Gasteiger partial charge is 0.323 e. The fraction of sp³-hybridized carbons (Fsp3) is 0.250. The maximum absolute atomic E-state index is 12.2. The van der Waals surface area contributed by atoms with Crippen molar-refractivity contribution in [1.29, 1.82) is 0 Å². The minimum Gasteiger partial charge on any atom is -0.480 e. The minimum atomic E-state index is -1.08. The van der Waals surface area contributed by atoms with E-state index in [4.69, 9.17) is 17.3 Å². The van der Waals surface area contributed by atoms with Gasteiger partial charge in [-0.05, 0) is 0 Å². The Balaban J connectivity index is 1.75. The van der Waals surface area contributed by atoms with Crippen molar-refractivity contribution in [3.63, 3.8) is 0 Å². The summed E-state index contributed by atoms with van der Waals surface area (Å²) in [7, 11) is 0. The third-order valence-corrected chi connectivity index (χ3v) is 5.46. The van der Waals surface area contributed by atoms with Gasteiger partial charge in [-0.3, -0.25) is 19.5 Å². The van der Waals surface area contributed by atoms with Gasteiger partial charge in [0.25, 0.3) is 5.91 Å². The first-order valence-corrected chi connectivity index (χ1v) is 8.09. The molecule has 3 rings (SSSR count). The van der Waals surface area contributed by atoms with E-state index >= 15 is 0 Å². The van der Waals surface area contributed by atoms with Gasteiger partial charge in [0, 0.05) is 24.1 Å². The predicted molar refractivity (Wildman–Crippen MR) is 83.0 cm³/mol. The van der Waals surface area contributed by atoms with Gasteiger partial charge < -0.3 is 5.11 Å². The van der Waals surface area contributed by atoms with Crippen molar-refractivity contribution in [3.05, 3.63) is 29.1 Å². The summed E-state index contributed by atoms with van der Waals surface area (Å²) in [5, 5.41) is 9.74. The van der Waals surface area contributed by atoms with Gasteiger partial charge in [0.15, 0.2) is 0 Å². The number of carbonyl (C=O) groups excluding carboxylic acids is 1. The van der Waals surface area contributed by atoms with E-state index in [1.54, 1.807) is 24.2 Å². The van der Waals surface area contributed by atoms with Crippen LogP contribution in [0.1, 0.15) is 5.69 Å². The molecule has 1 aromatic rings. The molecule has 108 valence electrons. The van der Waals surface area contributed by atoms with E-state index in [-0.39, 0.29) is 15.5 Å². The number of carbonyl (C=O) groups is 2. The number of carboxylic acids is 1. The number of amides is 1. The molecular weight excluding hydrogens is 330 g/mol. The molecular formula is C12H9N3O3S3. The Morgan fingerprint density at radius 1 is 1.52 bits per heavy atom. The van der Waals surface area contributed by atoms with Crippen LogP contribution in [0.5, 0.6) is 0 Å². The van der Waals surface area contributed by atoms with E-state index < -0.39 is 12.5 Å². The Morgan fingerprint density at radius 3 is 3.00 bits per heavy atom. The van der Waals surface area contributed by atoms with Crippen molar-refractivity contribution >= 4 is 51.9 Å². The molecule has 2 aliphatic rings. The number of carboxylic acid groups (broad SMARTS) is 1. The lowest BCUT2D eigenvalue weighted by Gasteiger charge is -2.10. The van der Waals surface area contributed by atoms with Crippen molar-refractivity contribution in [2.45, 2.75) is 16.7 Å². The van der Waals surface area contributed by atoms with Crippen LogP contribution in [0.2, 0.25) is 0 Å². The molecule has 0 radical (unpaired) electrons. The number of thiocarbonyl (C=S) groups is 1. The summed E-state index contributed by atoms with van der Waals surface area (Å²) in [6.45, 7) is -0.400. The number of thioether (sulfide) groups is 2. The average molecular weight is 339 g/mol. The SMILES string of the molecule is O=C(O)CN1C(=O)C(=CC2Cc3nccnc3S2)SC1=S. The van der Waals surface area contributed by atoms with Gasteiger partial charge in [-0.25, -0.2) is 4.98 Å². The van der Waals surface area contributed by atoms with Gasteiger partial charge >= 0.3 is 5.97 Å². The molecule has 0 saturated carbocycles.